The highest BCUT2D eigenvalue weighted by Crippen LogP contribution is 2.28. The molecule has 3 heteroatoms. The van der Waals surface area contributed by atoms with E-state index in [1.807, 2.05) is 75.5 Å². The minimum Gasteiger partial charge on any atom is -0.341 e. The normalized spacial score (nSPS) is 11.2. The number of amides is 1. The lowest BCUT2D eigenvalue weighted by atomic mass is 9.83. The van der Waals surface area contributed by atoms with E-state index in [0.29, 0.717) is 11.6 Å². The summed E-state index contributed by atoms with van der Waals surface area (Å²) in [6.45, 7) is 4.47. The summed E-state index contributed by atoms with van der Waals surface area (Å²) in [5.41, 5.74) is 1.45. The van der Waals surface area contributed by atoms with E-state index in [0.717, 1.165) is 11.1 Å². The van der Waals surface area contributed by atoms with Crippen LogP contribution in [0.5, 0.6) is 0 Å². The smallest absolute Gasteiger partial charge is 0.232 e. The molecule has 0 saturated carbocycles. The lowest BCUT2D eigenvalue weighted by molar-refractivity contribution is -0.135. The van der Waals surface area contributed by atoms with E-state index in [9.17, 15) is 4.79 Å². The van der Waals surface area contributed by atoms with Crippen molar-refractivity contribution in [3.8, 4) is 0 Å². The van der Waals surface area contributed by atoms with Gasteiger partial charge in [0, 0.05) is 18.6 Å². The van der Waals surface area contributed by atoms with Gasteiger partial charge in [-0.05, 0) is 37.1 Å². The lowest BCUT2D eigenvalue weighted by Gasteiger charge is -2.30. The summed E-state index contributed by atoms with van der Waals surface area (Å²) in [6, 6.07) is 17.5. The molecule has 0 bridgehead atoms. The van der Waals surface area contributed by atoms with Gasteiger partial charge < -0.3 is 4.90 Å². The molecule has 0 atom stereocenters. The molecule has 2 aromatic rings. The number of rotatable bonds is 4. The van der Waals surface area contributed by atoms with Crippen LogP contribution >= 0.6 is 11.6 Å². The van der Waals surface area contributed by atoms with E-state index in [1.54, 1.807) is 4.90 Å². The molecule has 21 heavy (non-hydrogen) atoms. The first-order valence-electron chi connectivity index (χ1n) is 6.97. The SMILES string of the molecule is CN(Cc1ccccc1)C(=O)C(C)(C)c1cccc(Cl)c1. The minimum absolute atomic E-state index is 0.0774. The first-order valence-corrected chi connectivity index (χ1v) is 7.34. The Kier molecular flexibility index (Phi) is 4.69. The number of benzene rings is 2. The van der Waals surface area contributed by atoms with Crippen LogP contribution in [0.1, 0.15) is 25.0 Å². The van der Waals surface area contributed by atoms with Gasteiger partial charge in [0.1, 0.15) is 0 Å². The van der Waals surface area contributed by atoms with Crippen LogP contribution in [0.15, 0.2) is 54.6 Å². The summed E-state index contributed by atoms with van der Waals surface area (Å²) >= 11 is 6.04. The highest BCUT2D eigenvalue weighted by molar-refractivity contribution is 6.30. The Bertz CT molecular complexity index is 622. The predicted molar refractivity (Wildman–Crippen MR) is 87.4 cm³/mol. The highest BCUT2D eigenvalue weighted by Gasteiger charge is 2.32. The lowest BCUT2D eigenvalue weighted by Crippen LogP contribution is -2.41. The van der Waals surface area contributed by atoms with E-state index >= 15 is 0 Å². The molecule has 0 heterocycles. The zero-order valence-corrected chi connectivity index (χ0v) is 13.4. The van der Waals surface area contributed by atoms with Crippen molar-refractivity contribution in [3.63, 3.8) is 0 Å². The second kappa shape index (κ2) is 6.31. The molecule has 0 aromatic heterocycles. The number of nitrogens with zero attached hydrogens (tertiary/aromatic N) is 1. The number of hydrogen-bond donors (Lipinski definition) is 0. The monoisotopic (exact) mass is 301 g/mol. The molecule has 2 nitrogen and oxygen atoms in total. The molecular weight excluding hydrogens is 282 g/mol. The summed E-state index contributed by atoms with van der Waals surface area (Å²) in [5, 5.41) is 0.652. The Balaban J connectivity index is 2.17. The Hall–Kier alpha value is -1.80. The average molecular weight is 302 g/mol. The molecule has 0 N–H and O–H groups in total. The molecule has 110 valence electrons. The van der Waals surface area contributed by atoms with E-state index in [1.165, 1.54) is 0 Å². The third-order valence-corrected chi connectivity index (χ3v) is 3.93. The molecule has 0 unspecified atom stereocenters. The summed E-state index contributed by atoms with van der Waals surface area (Å²) in [5.74, 6) is 0.0774. The number of carbonyl (C=O) groups is 1. The van der Waals surface area contributed by atoms with Gasteiger partial charge in [-0.15, -0.1) is 0 Å². The van der Waals surface area contributed by atoms with Crippen LogP contribution in [0.2, 0.25) is 5.02 Å². The van der Waals surface area contributed by atoms with Gasteiger partial charge in [-0.25, -0.2) is 0 Å². The summed E-state index contributed by atoms with van der Waals surface area (Å²) in [4.78, 5) is 14.5. The predicted octanol–water partition coefficient (Wildman–Crippen LogP) is 4.28. The molecule has 0 aliphatic rings. The Labute approximate surface area is 131 Å². The van der Waals surface area contributed by atoms with Crippen LogP contribution in [0.25, 0.3) is 0 Å². The van der Waals surface area contributed by atoms with Gasteiger partial charge >= 0.3 is 0 Å². The summed E-state index contributed by atoms with van der Waals surface area (Å²) < 4.78 is 0. The third kappa shape index (κ3) is 3.64. The minimum atomic E-state index is -0.603. The van der Waals surface area contributed by atoms with Gasteiger partial charge in [-0.1, -0.05) is 54.1 Å². The van der Waals surface area contributed by atoms with Crippen LogP contribution in [0.4, 0.5) is 0 Å². The summed E-state index contributed by atoms with van der Waals surface area (Å²) in [6.07, 6.45) is 0. The van der Waals surface area contributed by atoms with Gasteiger partial charge in [0.05, 0.1) is 5.41 Å². The first kappa shape index (κ1) is 15.6. The van der Waals surface area contributed by atoms with Crippen LogP contribution in [-0.4, -0.2) is 17.9 Å². The van der Waals surface area contributed by atoms with Crippen molar-refractivity contribution >= 4 is 17.5 Å². The number of likely N-dealkylation sites (N-methyl/N-ethyl adjacent to an activating group) is 1. The van der Waals surface area contributed by atoms with Crippen molar-refractivity contribution in [1.29, 1.82) is 0 Å². The average Bonchev–Trinajstić information content (AvgIpc) is 2.47. The fourth-order valence-electron chi connectivity index (χ4n) is 2.41. The van der Waals surface area contributed by atoms with Gasteiger partial charge in [0.25, 0.3) is 0 Å². The third-order valence-electron chi connectivity index (χ3n) is 3.69. The van der Waals surface area contributed by atoms with Crippen molar-refractivity contribution in [1.82, 2.24) is 4.90 Å². The van der Waals surface area contributed by atoms with E-state index in [4.69, 9.17) is 11.6 Å². The number of carbonyl (C=O) groups excluding carboxylic acids is 1. The van der Waals surface area contributed by atoms with Gasteiger partial charge in [0.2, 0.25) is 5.91 Å². The molecule has 1 amide bonds. The van der Waals surface area contributed by atoms with Crippen molar-refractivity contribution in [2.24, 2.45) is 0 Å². The molecule has 0 fully saturated rings. The second-order valence-electron chi connectivity index (χ2n) is 5.78. The summed E-state index contributed by atoms with van der Waals surface area (Å²) in [7, 11) is 1.83. The van der Waals surface area contributed by atoms with Crippen LogP contribution in [-0.2, 0) is 16.8 Å². The van der Waals surface area contributed by atoms with Crippen LogP contribution in [0.3, 0.4) is 0 Å². The Morgan fingerprint density at radius 2 is 1.76 bits per heavy atom. The van der Waals surface area contributed by atoms with Gasteiger partial charge in [0.15, 0.2) is 0 Å². The Morgan fingerprint density at radius 3 is 2.38 bits per heavy atom. The van der Waals surface area contributed by atoms with E-state index in [2.05, 4.69) is 0 Å². The Morgan fingerprint density at radius 1 is 1.10 bits per heavy atom. The number of halogens is 1. The zero-order chi connectivity index (χ0) is 15.5. The maximum Gasteiger partial charge on any atom is 0.232 e. The van der Waals surface area contributed by atoms with Crippen molar-refractivity contribution in [2.75, 3.05) is 7.05 Å². The molecule has 0 spiro atoms. The van der Waals surface area contributed by atoms with Crippen molar-refractivity contribution in [2.45, 2.75) is 25.8 Å². The standard InChI is InChI=1S/C18H20ClNO/c1-18(2,15-10-7-11-16(19)12-15)17(21)20(3)13-14-8-5-4-6-9-14/h4-12H,13H2,1-3H3. The highest BCUT2D eigenvalue weighted by atomic mass is 35.5. The molecule has 0 aliphatic carbocycles. The molecular formula is C18H20ClNO. The second-order valence-corrected chi connectivity index (χ2v) is 6.22. The van der Waals surface area contributed by atoms with Crippen molar-refractivity contribution < 1.29 is 4.79 Å². The molecule has 2 rings (SSSR count). The fraction of sp³-hybridized carbons (Fsp3) is 0.278. The van der Waals surface area contributed by atoms with Crippen LogP contribution < -0.4 is 0 Å². The molecule has 2 aromatic carbocycles. The van der Waals surface area contributed by atoms with Gasteiger partial charge in [-0.3, -0.25) is 4.79 Å². The fourth-order valence-corrected chi connectivity index (χ4v) is 2.60. The number of hydrogen-bond acceptors (Lipinski definition) is 1. The van der Waals surface area contributed by atoms with Crippen LogP contribution in [0, 0.1) is 0 Å². The van der Waals surface area contributed by atoms with E-state index in [-0.39, 0.29) is 5.91 Å². The maximum atomic E-state index is 12.8. The maximum absolute atomic E-state index is 12.8. The topological polar surface area (TPSA) is 20.3 Å². The van der Waals surface area contributed by atoms with E-state index < -0.39 is 5.41 Å². The van der Waals surface area contributed by atoms with Gasteiger partial charge in [-0.2, -0.15) is 0 Å². The quantitative estimate of drug-likeness (QED) is 0.825. The molecule has 0 radical (unpaired) electrons. The largest absolute Gasteiger partial charge is 0.341 e. The molecule has 0 saturated heterocycles. The van der Waals surface area contributed by atoms with Crippen molar-refractivity contribution in [3.05, 3.63) is 70.7 Å². The molecule has 0 aliphatic heterocycles. The first-order chi connectivity index (χ1) is 9.91. The zero-order valence-electron chi connectivity index (χ0n) is 12.6.